The van der Waals surface area contributed by atoms with Gasteiger partial charge in [0.25, 0.3) is 5.91 Å². The lowest BCUT2D eigenvalue weighted by atomic mass is 9.84. The van der Waals surface area contributed by atoms with Crippen LogP contribution in [0.5, 0.6) is 0 Å². The summed E-state index contributed by atoms with van der Waals surface area (Å²) < 4.78 is 13.6. The van der Waals surface area contributed by atoms with Gasteiger partial charge in [-0.25, -0.2) is 4.39 Å². The van der Waals surface area contributed by atoms with Crippen molar-refractivity contribution in [1.82, 2.24) is 14.8 Å². The van der Waals surface area contributed by atoms with Crippen LogP contribution >= 0.6 is 0 Å². The summed E-state index contributed by atoms with van der Waals surface area (Å²) in [6, 6.07) is 23.5. The molecule has 0 unspecified atom stereocenters. The number of rotatable bonds is 8. The molecule has 1 atom stereocenters. The van der Waals surface area contributed by atoms with Crippen molar-refractivity contribution in [2.75, 3.05) is 13.1 Å². The van der Waals surface area contributed by atoms with E-state index in [4.69, 9.17) is 0 Å². The van der Waals surface area contributed by atoms with Gasteiger partial charge in [0.15, 0.2) is 0 Å². The van der Waals surface area contributed by atoms with E-state index in [1.165, 1.54) is 11.6 Å². The molecule has 0 bridgehead atoms. The Kier molecular flexibility index (Phi) is 7.00. The van der Waals surface area contributed by atoms with Gasteiger partial charge in [-0.15, -0.1) is 0 Å². The van der Waals surface area contributed by atoms with Crippen molar-refractivity contribution >= 4 is 5.91 Å². The second kappa shape index (κ2) is 10.5. The third-order valence-electron chi connectivity index (χ3n) is 7.18. The van der Waals surface area contributed by atoms with Crippen molar-refractivity contribution in [3.8, 4) is 0 Å². The molecule has 2 aliphatic rings. The fourth-order valence-electron chi connectivity index (χ4n) is 5.30. The summed E-state index contributed by atoms with van der Waals surface area (Å²) in [5.74, 6) is 0.312. The SMILES string of the molecule is O=C(c1ccccn1)N(C1CC1)[C@@H](Cc1ccccc1)C1CCN(Cc2cccc(F)c2)CC1. The summed E-state index contributed by atoms with van der Waals surface area (Å²) in [5.41, 5.74) is 2.83. The van der Waals surface area contributed by atoms with Gasteiger partial charge in [0.05, 0.1) is 0 Å². The molecule has 176 valence electrons. The minimum Gasteiger partial charge on any atom is -0.331 e. The maximum absolute atomic E-state index is 13.7. The number of aromatic nitrogens is 1. The third kappa shape index (κ3) is 5.53. The Bertz CT molecular complexity index is 1080. The minimum absolute atomic E-state index is 0.0613. The number of hydrogen-bond donors (Lipinski definition) is 0. The summed E-state index contributed by atoms with van der Waals surface area (Å²) in [6.07, 6.45) is 6.78. The van der Waals surface area contributed by atoms with Gasteiger partial charge < -0.3 is 4.90 Å². The average Bonchev–Trinajstić information content (AvgIpc) is 3.71. The molecule has 0 spiro atoms. The first-order valence-corrected chi connectivity index (χ1v) is 12.4. The summed E-state index contributed by atoms with van der Waals surface area (Å²) in [7, 11) is 0. The van der Waals surface area contributed by atoms with Gasteiger partial charge in [0.2, 0.25) is 0 Å². The first-order chi connectivity index (χ1) is 16.7. The molecule has 2 aromatic carbocycles. The maximum Gasteiger partial charge on any atom is 0.272 e. The predicted octanol–water partition coefficient (Wildman–Crippen LogP) is 5.35. The Balaban J connectivity index is 1.34. The number of likely N-dealkylation sites (tertiary alicyclic amines) is 1. The van der Waals surface area contributed by atoms with Crippen LogP contribution in [0.3, 0.4) is 0 Å². The second-order valence-corrected chi connectivity index (χ2v) is 9.66. The fourth-order valence-corrected chi connectivity index (χ4v) is 5.30. The maximum atomic E-state index is 13.7. The number of piperidine rings is 1. The topological polar surface area (TPSA) is 36.4 Å². The Morgan fingerprint density at radius 3 is 2.35 bits per heavy atom. The summed E-state index contributed by atoms with van der Waals surface area (Å²) in [6.45, 7) is 2.69. The number of benzene rings is 2. The van der Waals surface area contributed by atoms with Crippen LogP contribution in [0.15, 0.2) is 79.0 Å². The highest BCUT2D eigenvalue weighted by atomic mass is 19.1. The number of amides is 1. The number of carbonyl (C=O) groups excluding carboxylic acids is 1. The van der Waals surface area contributed by atoms with E-state index in [1.807, 2.05) is 30.3 Å². The lowest BCUT2D eigenvalue weighted by molar-refractivity contribution is 0.0477. The minimum atomic E-state index is -0.177. The number of hydrogen-bond acceptors (Lipinski definition) is 3. The highest BCUT2D eigenvalue weighted by molar-refractivity contribution is 5.93. The van der Waals surface area contributed by atoms with Gasteiger partial charge in [0, 0.05) is 24.8 Å². The van der Waals surface area contributed by atoms with Crippen LogP contribution in [0.2, 0.25) is 0 Å². The average molecular weight is 458 g/mol. The van der Waals surface area contributed by atoms with Gasteiger partial charge in [-0.1, -0.05) is 48.5 Å². The Morgan fingerprint density at radius 1 is 0.941 bits per heavy atom. The Hall–Kier alpha value is -3.05. The summed E-state index contributed by atoms with van der Waals surface area (Å²) in [4.78, 5) is 22.6. The van der Waals surface area contributed by atoms with E-state index in [-0.39, 0.29) is 17.8 Å². The molecule has 34 heavy (non-hydrogen) atoms. The van der Waals surface area contributed by atoms with Crippen LogP contribution in [0, 0.1) is 11.7 Å². The zero-order chi connectivity index (χ0) is 23.3. The van der Waals surface area contributed by atoms with Crippen molar-refractivity contribution in [3.63, 3.8) is 0 Å². The zero-order valence-corrected chi connectivity index (χ0v) is 19.5. The molecule has 1 aliphatic heterocycles. The van der Waals surface area contributed by atoms with Crippen molar-refractivity contribution < 1.29 is 9.18 Å². The smallest absolute Gasteiger partial charge is 0.272 e. The zero-order valence-electron chi connectivity index (χ0n) is 19.5. The third-order valence-corrected chi connectivity index (χ3v) is 7.18. The van der Waals surface area contributed by atoms with Gasteiger partial charge in [-0.05, 0) is 86.5 Å². The lowest BCUT2D eigenvalue weighted by Crippen LogP contribution is -2.50. The monoisotopic (exact) mass is 457 g/mol. The molecule has 2 heterocycles. The van der Waals surface area contributed by atoms with E-state index in [2.05, 4.69) is 39.0 Å². The van der Waals surface area contributed by atoms with Crippen LogP contribution in [-0.2, 0) is 13.0 Å². The van der Waals surface area contributed by atoms with E-state index < -0.39 is 0 Å². The molecule has 1 saturated heterocycles. The highest BCUT2D eigenvalue weighted by Gasteiger charge is 2.42. The molecule has 1 aromatic heterocycles. The number of halogens is 1. The van der Waals surface area contributed by atoms with Gasteiger partial charge in [-0.2, -0.15) is 0 Å². The summed E-state index contributed by atoms with van der Waals surface area (Å²) >= 11 is 0. The van der Waals surface area contributed by atoms with Crippen LogP contribution in [0.4, 0.5) is 4.39 Å². The predicted molar refractivity (Wildman–Crippen MR) is 132 cm³/mol. The van der Waals surface area contributed by atoms with Crippen LogP contribution in [0.1, 0.15) is 47.3 Å². The second-order valence-electron chi connectivity index (χ2n) is 9.66. The molecule has 4 nitrogen and oxygen atoms in total. The normalized spacial score (nSPS) is 17.9. The van der Waals surface area contributed by atoms with Crippen molar-refractivity contribution in [2.24, 2.45) is 5.92 Å². The summed E-state index contributed by atoms with van der Waals surface area (Å²) in [5, 5.41) is 0. The highest BCUT2D eigenvalue weighted by Crippen LogP contribution is 2.36. The molecule has 3 aromatic rings. The quantitative estimate of drug-likeness (QED) is 0.458. The molecule has 2 fully saturated rings. The number of carbonyl (C=O) groups is 1. The molecule has 1 aliphatic carbocycles. The van der Waals surface area contributed by atoms with Crippen LogP contribution in [-0.4, -0.2) is 45.9 Å². The molecule has 5 rings (SSSR count). The standard InChI is InChI=1S/C29H32FN3O/c30-25-10-6-9-23(19-25)21-32-17-14-24(15-18-32)28(20-22-7-2-1-3-8-22)33(26-12-13-26)29(34)27-11-4-5-16-31-27/h1-11,16,19,24,26,28H,12-15,17-18,20-21H2/t28-/m0/s1. The molecular formula is C29H32FN3O. The number of nitrogens with zero attached hydrogens (tertiary/aromatic N) is 3. The van der Waals surface area contributed by atoms with Crippen molar-refractivity contribution in [3.05, 3.63) is 102 Å². The molecular weight excluding hydrogens is 425 g/mol. The van der Waals surface area contributed by atoms with Crippen LogP contribution < -0.4 is 0 Å². The first-order valence-electron chi connectivity index (χ1n) is 12.4. The molecule has 1 amide bonds. The van der Waals surface area contributed by atoms with E-state index in [0.717, 1.165) is 57.3 Å². The van der Waals surface area contributed by atoms with Gasteiger partial charge >= 0.3 is 0 Å². The first kappa shape index (κ1) is 22.7. The Labute approximate surface area is 201 Å². The lowest BCUT2D eigenvalue weighted by Gasteiger charge is -2.42. The molecule has 0 radical (unpaired) electrons. The number of pyridine rings is 1. The fraction of sp³-hybridized carbons (Fsp3) is 0.379. The Morgan fingerprint density at radius 2 is 1.68 bits per heavy atom. The largest absolute Gasteiger partial charge is 0.331 e. The molecule has 5 heteroatoms. The van der Waals surface area contributed by atoms with Crippen molar-refractivity contribution in [2.45, 2.75) is 50.7 Å². The molecule has 1 saturated carbocycles. The van der Waals surface area contributed by atoms with E-state index in [0.29, 0.717) is 17.7 Å². The molecule has 0 N–H and O–H groups in total. The van der Waals surface area contributed by atoms with Crippen molar-refractivity contribution in [1.29, 1.82) is 0 Å². The van der Waals surface area contributed by atoms with E-state index in [1.54, 1.807) is 18.3 Å². The van der Waals surface area contributed by atoms with E-state index >= 15 is 0 Å². The van der Waals surface area contributed by atoms with Crippen LogP contribution in [0.25, 0.3) is 0 Å². The van der Waals surface area contributed by atoms with E-state index in [9.17, 15) is 9.18 Å². The van der Waals surface area contributed by atoms with Gasteiger partial charge in [0.1, 0.15) is 11.5 Å². The van der Waals surface area contributed by atoms with Gasteiger partial charge in [-0.3, -0.25) is 14.7 Å².